The van der Waals surface area contributed by atoms with Crippen molar-refractivity contribution in [3.63, 3.8) is 0 Å². The molecule has 0 spiro atoms. The number of nitrogens with zero attached hydrogens (tertiary/aromatic N) is 3. The first-order valence-corrected chi connectivity index (χ1v) is 5.95. The molecule has 0 bridgehead atoms. The van der Waals surface area contributed by atoms with Crippen molar-refractivity contribution in [2.24, 2.45) is 5.84 Å². The van der Waals surface area contributed by atoms with Crippen LogP contribution < -0.4 is 16.6 Å². The number of hydrogen-bond acceptors (Lipinski definition) is 6. The van der Waals surface area contributed by atoms with Gasteiger partial charge < -0.3 is 5.32 Å². The van der Waals surface area contributed by atoms with E-state index in [1.54, 1.807) is 12.3 Å². The van der Waals surface area contributed by atoms with Gasteiger partial charge in [-0.3, -0.25) is 10.5 Å². The van der Waals surface area contributed by atoms with Crippen LogP contribution in [-0.4, -0.2) is 20.2 Å². The molecule has 0 aliphatic rings. The second kappa shape index (κ2) is 4.91. The van der Waals surface area contributed by atoms with Crippen LogP contribution in [0.5, 0.6) is 0 Å². The Bertz CT molecular complexity index is 773. The zero-order chi connectivity index (χ0) is 14.1. The minimum absolute atomic E-state index is 0.0519. The quantitative estimate of drug-likeness (QED) is 0.436. The van der Waals surface area contributed by atoms with Gasteiger partial charge in [-0.2, -0.15) is 15.1 Å². The molecule has 0 aliphatic heterocycles. The highest BCUT2D eigenvalue weighted by molar-refractivity contribution is 6.30. The average Bonchev–Trinajstić information content (AvgIpc) is 2.91. The van der Waals surface area contributed by atoms with Crippen molar-refractivity contribution in [2.45, 2.75) is 0 Å². The predicted octanol–water partition coefficient (Wildman–Crippen LogP) is 2.17. The van der Waals surface area contributed by atoms with E-state index in [0.29, 0.717) is 22.5 Å². The van der Waals surface area contributed by atoms with E-state index in [-0.39, 0.29) is 11.0 Å². The Morgan fingerprint density at radius 3 is 2.90 bits per heavy atom. The Morgan fingerprint density at radius 1 is 1.30 bits per heavy atom. The van der Waals surface area contributed by atoms with Gasteiger partial charge in [-0.25, -0.2) is 10.2 Å². The summed E-state index contributed by atoms with van der Waals surface area (Å²) in [5.41, 5.74) is 3.35. The number of aromatic amines is 1. The fraction of sp³-hybridized carbons (Fsp3) is 0. The van der Waals surface area contributed by atoms with Crippen LogP contribution in [0.15, 0.2) is 24.4 Å². The van der Waals surface area contributed by atoms with Gasteiger partial charge in [-0.05, 0) is 18.2 Å². The molecule has 3 aromatic rings. The molecule has 2 heterocycles. The highest BCUT2D eigenvalue weighted by atomic mass is 35.5. The molecule has 0 saturated heterocycles. The Morgan fingerprint density at radius 2 is 2.15 bits per heavy atom. The Kier molecular flexibility index (Phi) is 3.09. The molecule has 9 heteroatoms. The number of benzene rings is 1. The molecule has 5 N–H and O–H groups in total. The lowest BCUT2D eigenvalue weighted by molar-refractivity contribution is 0.629. The summed E-state index contributed by atoms with van der Waals surface area (Å²) in [5, 5.41) is 10.3. The second-order valence-electron chi connectivity index (χ2n) is 3.93. The van der Waals surface area contributed by atoms with Gasteiger partial charge in [0.1, 0.15) is 11.6 Å². The number of nitrogens with one attached hydrogen (secondary N) is 3. The third kappa shape index (κ3) is 2.22. The summed E-state index contributed by atoms with van der Waals surface area (Å²) in [7, 11) is 0. The molecule has 102 valence electrons. The highest BCUT2D eigenvalue weighted by Gasteiger charge is 2.10. The van der Waals surface area contributed by atoms with Crippen LogP contribution in [-0.2, 0) is 0 Å². The molecule has 0 radical (unpaired) electrons. The number of anilines is 3. The monoisotopic (exact) mass is 293 g/mol. The molecule has 1 aromatic carbocycles. The van der Waals surface area contributed by atoms with E-state index in [9.17, 15) is 4.39 Å². The van der Waals surface area contributed by atoms with Crippen molar-refractivity contribution >= 4 is 40.1 Å². The zero-order valence-corrected chi connectivity index (χ0v) is 10.7. The third-order valence-electron chi connectivity index (χ3n) is 2.62. The summed E-state index contributed by atoms with van der Waals surface area (Å²) in [4.78, 5) is 8.25. The van der Waals surface area contributed by atoms with E-state index in [1.165, 1.54) is 12.1 Å². The Labute approximate surface area is 117 Å². The summed E-state index contributed by atoms with van der Waals surface area (Å²) in [6, 6.07) is 4.36. The summed E-state index contributed by atoms with van der Waals surface area (Å²) < 4.78 is 13.4. The van der Waals surface area contributed by atoms with Gasteiger partial charge in [0.05, 0.1) is 16.6 Å². The molecule has 3 rings (SSSR count). The average molecular weight is 294 g/mol. The minimum Gasteiger partial charge on any atom is -0.339 e. The summed E-state index contributed by atoms with van der Waals surface area (Å²) in [6.07, 6.45) is 1.56. The SMILES string of the molecule is NNc1nc(Nc2ccc(Cl)c(F)c2)c2cn[nH]c2n1. The maximum absolute atomic E-state index is 13.4. The number of nitrogen functional groups attached to an aromatic ring is 1. The van der Waals surface area contributed by atoms with E-state index >= 15 is 0 Å². The molecule has 2 aromatic heterocycles. The van der Waals surface area contributed by atoms with Crippen molar-refractivity contribution in [3.8, 4) is 0 Å². The van der Waals surface area contributed by atoms with Gasteiger partial charge in [0, 0.05) is 5.69 Å². The molecular weight excluding hydrogens is 285 g/mol. The van der Waals surface area contributed by atoms with E-state index in [1.807, 2.05) is 0 Å². The van der Waals surface area contributed by atoms with Crippen LogP contribution in [0.3, 0.4) is 0 Å². The van der Waals surface area contributed by atoms with Crippen molar-refractivity contribution in [1.82, 2.24) is 20.2 Å². The van der Waals surface area contributed by atoms with Gasteiger partial charge in [-0.15, -0.1) is 0 Å². The molecule has 7 nitrogen and oxygen atoms in total. The normalized spacial score (nSPS) is 10.8. The van der Waals surface area contributed by atoms with E-state index < -0.39 is 5.82 Å². The number of aromatic nitrogens is 4. The predicted molar refractivity (Wildman–Crippen MR) is 74.2 cm³/mol. The number of hydrogen-bond donors (Lipinski definition) is 4. The Hall–Kier alpha value is -2.45. The van der Waals surface area contributed by atoms with Gasteiger partial charge >= 0.3 is 0 Å². The van der Waals surface area contributed by atoms with Crippen molar-refractivity contribution in [2.75, 3.05) is 10.7 Å². The first kappa shape index (κ1) is 12.6. The minimum atomic E-state index is -0.522. The van der Waals surface area contributed by atoms with Crippen molar-refractivity contribution in [1.29, 1.82) is 0 Å². The summed E-state index contributed by atoms with van der Waals surface area (Å²) in [5.74, 6) is 5.43. The lowest BCUT2D eigenvalue weighted by Gasteiger charge is -2.08. The summed E-state index contributed by atoms with van der Waals surface area (Å²) >= 11 is 5.64. The molecule has 0 aliphatic carbocycles. The maximum Gasteiger partial charge on any atom is 0.241 e. The number of rotatable bonds is 3. The fourth-order valence-electron chi connectivity index (χ4n) is 1.71. The first-order chi connectivity index (χ1) is 9.67. The number of nitrogens with two attached hydrogens (primary N) is 1. The maximum atomic E-state index is 13.4. The standard InChI is InChI=1S/C11H9ClFN7/c12-7-2-1-5(3-8(7)13)16-9-6-4-15-20-10(6)18-11(17-9)19-14/h1-4H,14H2,(H3,15,16,17,18,19,20). The number of hydrazine groups is 1. The van der Waals surface area contributed by atoms with Crippen LogP contribution in [0.25, 0.3) is 11.0 Å². The van der Waals surface area contributed by atoms with E-state index in [4.69, 9.17) is 17.4 Å². The van der Waals surface area contributed by atoms with Crippen LogP contribution >= 0.6 is 11.6 Å². The van der Waals surface area contributed by atoms with Crippen LogP contribution in [0, 0.1) is 5.82 Å². The largest absolute Gasteiger partial charge is 0.339 e. The molecule has 0 amide bonds. The van der Waals surface area contributed by atoms with Gasteiger partial charge in [-0.1, -0.05) is 11.6 Å². The van der Waals surface area contributed by atoms with Crippen molar-refractivity contribution < 1.29 is 4.39 Å². The topological polar surface area (TPSA) is 105 Å². The number of halogens is 2. The van der Waals surface area contributed by atoms with E-state index in [0.717, 1.165) is 0 Å². The van der Waals surface area contributed by atoms with Gasteiger partial charge in [0.2, 0.25) is 5.95 Å². The van der Waals surface area contributed by atoms with Gasteiger partial charge in [0.15, 0.2) is 5.65 Å². The lowest BCUT2D eigenvalue weighted by Crippen LogP contribution is -2.11. The summed E-state index contributed by atoms with van der Waals surface area (Å²) in [6.45, 7) is 0. The molecule has 0 fully saturated rings. The number of H-pyrrole nitrogens is 1. The van der Waals surface area contributed by atoms with Crippen molar-refractivity contribution in [3.05, 3.63) is 35.2 Å². The third-order valence-corrected chi connectivity index (χ3v) is 2.93. The fourth-order valence-corrected chi connectivity index (χ4v) is 1.82. The first-order valence-electron chi connectivity index (χ1n) is 5.57. The smallest absolute Gasteiger partial charge is 0.241 e. The van der Waals surface area contributed by atoms with Gasteiger partial charge in [0.25, 0.3) is 0 Å². The van der Waals surface area contributed by atoms with Crippen LogP contribution in [0.4, 0.5) is 21.8 Å². The molecule has 0 unspecified atom stereocenters. The molecule has 0 saturated carbocycles. The zero-order valence-electron chi connectivity index (χ0n) is 9.98. The van der Waals surface area contributed by atoms with E-state index in [2.05, 4.69) is 30.9 Å². The highest BCUT2D eigenvalue weighted by Crippen LogP contribution is 2.25. The molecule has 0 atom stereocenters. The molecule has 20 heavy (non-hydrogen) atoms. The second-order valence-corrected chi connectivity index (χ2v) is 4.33. The lowest BCUT2D eigenvalue weighted by atomic mass is 10.3. The molecular formula is C11H9ClFN7. The Balaban J connectivity index is 2.04. The number of fused-ring (bicyclic) bond motifs is 1. The van der Waals surface area contributed by atoms with Crippen LogP contribution in [0.2, 0.25) is 5.02 Å². The van der Waals surface area contributed by atoms with Crippen LogP contribution in [0.1, 0.15) is 0 Å².